The summed E-state index contributed by atoms with van der Waals surface area (Å²) in [5.41, 5.74) is 0.387. The lowest BCUT2D eigenvalue weighted by Crippen LogP contribution is -2.57. The predicted octanol–water partition coefficient (Wildman–Crippen LogP) is 15.2. The van der Waals surface area contributed by atoms with E-state index in [9.17, 15) is 9.79 Å². The lowest BCUT2D eigenvalue weighted by molar-refractivity contribution is -0.208. The largest absolute Gasteiger partial charge is 0.344 e. The molecule has 12 heteroatoms. The molecule has 0 bridgehead atoms. The van der Waals surface area contributed by atoms with E-state index in [2.05, 4.69) is 86.0 Å². The average Bonchev–Trinajstić information content (AvgIpc) is 3.69. The van der Waals surface area contributed by atoms with Crippen molar-refractivity contribution in [1.29, 1.82) is 0 Å². The van der Waals surface area contributed by atoms with E-state index in [-0.39, 0.29) is 24.3 Å². The van der Waals surface area contributed by atoms with Gasteiger partial charge in [0.1, 0.15) is 0 Å². The van der Waals surface area contributed by atoms with Gasteiger partial charge in [0.25, 0.3) is 0 Å². The molecule has 10 nitrogen and oxygen atoms in total. The standard InChI is InChI=1S/C56H104N2O8P2/c1-7-9-11-13-15-17-19-21-23-25-27-29-31-33-35-37-39-55(40-38-36-34-32-30-28-26-24-22-20-18-16-14-12-10-8-2)41-43-56(44-42-55)65-53-49-51(57-45-47-63-67(59)61-4)52(50-54(53)66-56)58(3)46-48-64-68(6,60)62-5/h15-18,21-24,51-54,57,59-60H,6-14,19-20,25-50H2,1-5H3/b17-15-,18-16-,23-21-,24-22-/t51-,52+,53-,54-,67?,68?/m0/s1. The number of ether oxygens (including phenoxy) is 2. The molecule has 2 saturated carbocycles. The maximum absolute atomic E-state index is 10.3. The first-order chi connectivity index (χ1) is 33.1. The van der Waals surface area contributed by atoms with Crippen molar-refractivity contribution in [1.82, 2.24) is 10.2 Å². The zero-order valence-electron chi connectivity index (χ0n) is 44.3. The van der Waals surface area contributed by atoms with Gasteiger partial charge in [-0.25, -0.2) is 0 Å². The molecule has 3 N–H and O–H groups in total. The van der Waals surface area contributed by atoms with Crippen molar-refractivity contribution in [2.75, 3.05) is 47.6 Å². The maximum Gasteiger partial charge on any atom is 0.329 e. The zero-order chi connectivity index (χ0) is 49.0. The van der Waals surface area contributed by atoms with Crippen LogP contribution < -0.4 is 5.32 Å². The van der Waals surface area contributed by atoms with Crippen molar-refractivity contribution in [3.63, 3.8) is 0 Å². The number of hydrogen-bond acceptors (Lipinski definition) is 10. The van der Waals surface area contributed by atoms with E-state index in [0.717, 1.165) is 38.5 Å². The van der Waals surface area contributed by atoms with Gasteiger partial charge in [0.2, 0.25) is 7.57 Å². The molecular weight excluding hydrogens is 891 g/mol. The highest BCUT2D eigenvalue weighted by Gasteiger charge is 2.55. The third kappa shape index (κ3) is 26.8. The first-order valence-corrected chi connectivity index (χ1v) is 30.7. The topological polar surface area (TPSA) is 111 Å². The summed E-state index contributed by atoms with van der Waals surface area (Å²) in [6.07, 6.45) is 62.3. The molecule has 3 rings (SSSR count). The van der Waals surface area contributed by atoms with E-state index in [1.807, 2.05) is 0 Å². The molecule has 0 aromatic rings. The van der Waals surface area contributed by atoms with Crippen LogP contribution in [0.3, 0.4) is 0 Å². The normalized spacial score (nSPS) is 23.0. The fourth-order valence-electron chi connectivity index (χ4n) is 10.6. The molecule has 0 radical (unpaired) electrons. The molecule has 1 saturated heterocycles. The van der Waals surface area contributed by atoms with Crippen LogP contribution in [0.25, 0.3) is 0 Å². The monoisotopic (exact) mass is 995 g/mol. The summed E-state index contributed by atoms with van der Waals surface area (Å²) in [7, 11) is 0.0517. The van der Waals surface area contributed by atoms with Gasteiger partial charge in [-0.05, 0) is 121 Å². The summed E-state index contributed by atoms with van der Waals surface area (Å²) >= 11 is 0. The van der Waals surface area contributed by atoms with Crippen molar-refractivity contribution in [2.24, 2.45) is 5.41 Å². The molecule has 0 aromatic carbocycles. The van der Waals surface area contributed by atoms with Crippen molar-refractivity contribution >= 4 is 22.5 Å². The van der Waals surface area contributed by atoms with Crippen LogP contribution in [0, 0.1) is 5.41 Å². The molecule has 0 aromatic heterocycles. The zero-order valence-corrected chi connectivity index (χ0v) is 46.1. The Balaban J connectivity index is 1.50. The van der Waals surface area contributed by atoms with E-state index in [1.54, 1.807) is 0 Å². The lowest BCUT2D eigenvalue weighted by atomic mass is 9.66. The second-order valence-corrected chi connectivity index (χ2v) is 23.4. The summed E-state index contributed by atoms with van der Waals surface area (Å²) in [4.78, 5) is 22.4. The minimum absolute atomic E-state index is 0.0282. The molecule has 2 unspecified atom stereocenters. The Morgan fingerprint density at radius 1 is 0.662 bits per heavy atom. The van der Waals surface area contributed by atoms with Gasteiger partial charge in [0.05, 0.1) is 25.4 Å². The van der Waals surface area contributed by atoms with Gasteiger partial charge in [-0.2, -0.15) is 0 Å². The van der Waals surface area contributed by atoms with E-state index in [1.165, 1.54) is 181 Å². The Labute approximate surface area is 419 Å². The minimum atomic E-state index is -3.06. The highest BCUT2D eigenvalue weighted by Crippen LogP contribution is 2.53. The number of hydrogen-bond donors (Lipinski definition) is 3. The van der Waals surface area contributed by atoms with Crippen LogP contribution in [0.15, 0.2) is 48.6 Å². The number of likely N-dealkylation sites (N-methyl/N-ethyl adjacent to an activating group) is 1. The number of nitrogens with one attached hydrogen (secondary N) is 1. The first kappa shape index (κ1) is 61.6. The Kier molecular flexibility index (Phi) is 34.4. The number of fused-ring (bicyclic) bond motifs is 1. The molecule has 2 aliphatic carbocycles. The predicted molar refractivity (Wildman–Crippen MR) is 290 cm³/mol. The van der Waals surface area contributed by atoms with Crippen molar-refractivity contribution < 1.29 is 37.4 Å². The highest BCUT2D eigenvalue weighted by molar-refractivity contribution is 7.58. The van der Waals surface area contributed by atoms with Gasteiger partial charge >= 0.3 is 8.60 Å². The molecule has 396 valence electrons. The number of unbranched alkanes of at least 4 members (excludes halogenated alkanes) is 18. The number of allylic oxidation sites excluding steroid dienone is 8. The van der Waals surface area contributed by atoms with Crippen LogP contribution in [0.4, 0.5) is 0 Å². The van der Waals surface area contributed by atoms with Gasteiger partial charge in [0.15, 0.2) is 5.79 Å². The van der Waals surface area contributed by atoms with Crippen LogP contribution in [0.1, 0.15) is 219 Å². The van der Waals surface area contributed by atoms with Gasteiger partial charge < -0.3 is 42.7 Å². The summed E-state index contributed by atoms with van der Waals surface area (Å²) in [5.74, 6) is -0.500. The van der Waals surface area contributed by atoms with Crippen LogP contribution in [-0.4, -0.2) is 98.6 Å². The van der Waals surface area contributed by atoms with Gasteiger partial charge in [-0.15, -0.1) is 0 Å². The van der Waals surface area contributed by atoms with Gasteiger partial charge in [-0.3, -0.25) is 4.90 Å². The third-order valence-corrected chi connectivity index (χ3v) is 16.8. The summed E-state index contributed by atoms with van der Waals surface area (Å²) < 4.78 is 35.2. The summed E-state index contributed by atoms with van der Waals surface area (Å²) in [5, 5.41) is 3.70. The lowest BCUT2D eigenvalue weighted by Gasteiger charge is -2.44. The number of nitrogens with zero attached hydrogens (tertiary/aromatic N) is 1. The van der Waals surface area contributed by atoms with Crippen LogP contribution in [0.2, 0.25) is 0 Å². The summed E-state index contributed by atoms with van der Waals surface area (Å²) in [6.45, 7) is 6.39. The van der Waals surface area contributed by atoms with Crippen molar-refractivity contribution in [2.45, 2.75) is 249 Å². The third-order valence-electron chi connectivity index (χ3n) is 14.9. The molecule has 1 aliphatic heterocycles. The van der Waals surface area contributed by atoms with E-state index in [0.29, 0.717) is 31.7 Å². The highest BCUT2D eigenvalue weighted by atomic mass is 31.2. The second kappa shape index (κ2) is 38.0. The van der Waals surface area contributed by atoms with Crippen molar-refractivity contribution in [3.05, 3.63) is 48.6 Å². The van der Waals surface area contributed by atoms with E-state index in [4.69, 9.17) is 27.6 Å². The Bertz CT molecular complexity index is 1350. The molecule has 3 aliphatic rings. The molecule has 0 amide bonds. The van der Waals surface area contributed by atoms with Gasteiger partial charge in [-0.1, -0.05) is 152 Å². The Morgan fingerprint density at radius 3 is 1.62 bits per heavy atom. The smallest absolute Gasteiger partial charge is 0.329 e. The molecule has 68 heavy (non-hydrogen) atoms. The first-order valence-electron chi connectivity index (χ1n) is 27.8. The fourth-order valence-corrected chi connectivity index (χ4v) is 11.4. The molecule has 6 atom stereocenters. The average molecular weight is 995 g/mol. The van der Waals surface area contributed by atoms with Crippen LogP contribution in [-0.2, 0) is 27.6 Å². The van der Waals surface area contributed by atoms with Gasteiger partial charge in [0, 0.05) is 52.2 Å². The van der Waals surface area contributed by atoms with Crippen LogP contribution >= 0.6 is 16.2 Å². The SMILES string of the molecule is C=P(O)(OC)OCCN(C)[C@@H]1C[C@@H]2OC3(CCC(CCCCCCCC/C=C\C/C=C\CCCCC)(CCCCCCCC/C=C\C/C=C\CCCCC)CC3)O[C@H]2C[C@@H]1NCCOP(O)OC. The van der Waals surface area contributed by atoms with Crippen molar-refractivity contribution in [3.8, 4) is 0 Å². The molecule has 1 heterocycles. The Hall–Kier alpha value is -0.710. The molecule has 3 fully saturated rings. The second-order valence-electron chi connectivity index (χ2n) is 20.4. The van der Waals surface area contributed by atoms with E-state index >= 15 is 0 Å². The van der Waals surface area contributed by atoms with E-state index < -0.39 is 22.0 Å². The Morgan fingerprint density at radius 2 is 1.13 bits per heavy atom. The quantitative estimate of drug-likeness (QED) is 0.0311. The minimum Gasteiger partial charge on any atom is -0.344 e. The molecule has 1 spiro atoms. The fraction of sp³-hybridized carbons (Fsp3) is 0.839. The maximum atomic E-state index is 10.3. The van der Waals surface area contributed by atoms with Crippen LogP contribution in [0.5, 0.6) is 0 Å². The number of rotatable bonds is 42. The molecular formula is C56H104N2O8P2. The summed E-state index contributed by atoms with van der Waals surface area (Å²) in [6, 6.07) is 0.285.